The molecule has 2 aromatic rings. The number of hydrogen-bond donors (Lipinski definition) is 0. The molecule has 5 nitrogen and oxygen atoms in total. The summed E-state index contributed by atoms with van der Waals surface area (Å²) in [4.78, 5) is 24.0. The van der Waals surface area contributed by atoms with E-state index in [2.05, 4.69) is 15.0 Å². The van der Waals surface area contributed by atoms with Crippen molar-refractivity contribution in [2.24, 2.45) is 0 Å². The molecule has 0 saturated heterocycles. The van der Waals surface area contributed by atoms with Crippen LogP contribution in [0.4, 0.5) is 0 Å². The molecule has 0 spiro atoms. The van der Waals surface area contributed by atoms with Crippen LogP contribution in [0.15, 0.2) is 36.8 Å². The summed E-state index contributed by atoms with van der Waals surface area (Å²) in [5.74, 6) is -0.000735. The molecule has 0 radical (unpaired) electrons. The topological polar surface area (TPSA) is 65.0 Å². The molecule has 86 valence electrons. The normalized spacial score (nSPS) is 9.94. The minimum atomic E-state index is -0.414. The van der Waals surface area contributed by atoms with Crippen molar-refractivity contribution in [3.05, 3.63) is 42.4 Å². The third-order valence-electron chi connectivity index (χ3n) is 2.08. The number of carbonyl (C=O) groups excluding carboxylic acids is 1. The molecule has 0 aliphatic rings. The molecule has 0 aliphatic carbocycles. The van der Waals surface area contributed by atoms with Gasteiger partial charge >= 0.3 is 5.97 Å². The molecule has 0 fully saturated rings. The third-order valence-corrected chi connectivity index (χ3v) is 2.08. The summed E-state index contributed by atoms with van der Waals surface area (Å²) in [5.41, 5.74) is 0.812. The minimum absolute atomic E-state index is 0.322. The van der Waals surface area contributed by atoms with E-state index in [9.17, 15) is 4.79 Å². The van der Waals surface area contributed by atoms with Gasteiger partial charge in [0, 0.05) is 18.6 Å². The number of rotatable bonds is 3. The summed E-state index contributed by atoms with van der Waals surface area (Å²) in [6.07, 6.45) is 4.80. The first-order valence-electron chi connectivity index (χ1n) is 5.22. The third kappa shape index (κ3) is 2.44. The largest absolute Gasteiger partial charge is 0.462 e. The highest BCUT2D eigenvalue weighted by Gasteiger charge is 2.15. The van der Waals surface area contributed by atoms with Crippen molar-refractivity contribution in [2.45, 2.75) is 6.92 Å². The van der Waals surface area contributed by atoms with Gasteiger partial charge in [-0.05, 0) is 25.1 Å². The molecule has 0 aliphatic heterocycles. The molecule has 0 unspecified atom stereocenters. The summed E-state index contributed by atoms with van der Waals surface area (Å²) in [5, 5.41) is 0. The smallest absolute Gasteiger partial charge is 0.340 e. The van der Waals surface area contributed by atoms with Gasteiger partial charge in [-0.3, -0.25) is 4.98 Å². The van der Waals surface area contributed by atoms with E-state index >= 15 is 0 Å². The van der Waals surface area contributed by atoms with Gasteiger partial charge in [-0.2, -0.15) is 0 Å². The monoisotopic (exact) mass is 229 g/mol. The zero-order valence-electron chi connectivity index (χ0n) is 9.33. The van der Waals surface area contributed by atoms with E-state index in [4.69, 9.17) is 4.74 Å². The summed E-state index contributed by atoms with van der Waals surface area (Å²) < 4.78 is 4.96. The van der Waals surface area contributed by atoms with Crippen LogP contribution in [0.1, 0.15) is 17.3 Å². The van der Waals surface area contributed by atoms with Crippen LogP contribution in [0.3, 0.4) is 0 Å². The van der Waals surface area contributed by atoms with Gasteiger partial charge in [0.2, 0.25) is 0 Å². The fourth-order valence-corrected chi connectivity index (χ4v) is 1.38. The Kier molecular flexibility index (Phi) is 3.40. The Morgan fingerprint density at radius 2 is 1.88 bits per heavy atom. The van der Waals surface area contributed by atoms with E-state index in [1.165, 1.54) is 0 Å². The lowest BCUT2D eigenvalue weighted by Gasteiger charge is -2.05. The van der Waals surface area contributed by atoms with E-state index < -0.39 is 5.97 Å². The van der Waals surface area contributed by atoms with Crippen LogP contribution in [0.5, 0.6) is 0 Å². The van der Waals surface area contributed by atoms with E-state index in [0.717, 1.165) is 0 Å². The van der Waals surface area contributed by atoms with Crippen molar-refractivity contribution in [3.63, 3.8) is 0 Å². The second kappa shape index (κ2) is 5.16. The number of hydrogen-bond acceptors (Lipinski definition) is 5. The van der Waals surface area contributed by atoms with Gasteiger partial charge in [0.15, 0.2) is 5.82 Å². The zero-order valence-corrected chi connectivity index (χ0v) is 9.33. The van der Waals surface area contributed by atoms with Crippen molar-refractivity contribution < 1.29 is 9.53 Å². The predicted molar refractivity (Wildman–Crippen MR) is 61.2 cm³/mol. The number of pyridine rings is 1. The lowest BCUT2D eigenvalue weighted by Crippen LogP contribution is -2.08. The molecule has 0 atom stereocenters. The fraction of sp³-hybridized carbons (Fsp3) is 0.167. The SMILES string of the molecule is CCOC(=O)c1cccnc1-c1ncccn1. The quantitative estimate of drug-likeness (QED) is 0.750. The van der Waals surface area contributed by atoms with Gasteiger partial charge in [0.1, 0.15) is 5.69 Å². The van der Waals surface area contributed by atoms with Gasteiger partial charge in [-0.15, -0.1) is 0 Å². The first-order valence-corrected chi connectivity index (χ1v) is 5.22. The standard InChI is InChI=1S/C12H11N3O2/c1-2-17-12(16)9-5-3-6-13-10(9)11-14-7-4-8-15-11/h3-8H,2H2,1H3. The zero-order chi connectivity index (χ0) is 12.1. The van der Waals surface area contributed by atoms with Gasteiger partial charge in [0.25, 0.3) is 0 Å². The lowest BCUT2D eigenvalue weighted by molar-refractivity contribution is 0.0527. The van der Waals surface area contributed by atoms with Crippen LogP contribution in [-0.4, -0.2) is 27.5 Å². The summed E-state index contributed by atoms with van der Waals surface area (Å²) in [7, 11) is 0. The van der Waals surface area contributed by atoms with E-state index in [1.807, 2.05) is 0 Å². The molecule has 2 aromatic heterocycles. The molecular weight excluding hydrogens is 218 g/mol. The van der Waals surface area contributed by atoms with Crippen LogP contribution in [0, 0.1) is 0 Å². The highest BCUT2D eigenvalue weighted by atomic mass is 16.5. The van der Waals surface area contributed by atoms with Gasteiger partial charge in [0.05, 0.1) is 12.2 Å². The fourth-order valence-electron chi connectivity index (χ4n) is 1.38. The highest BCUT2D eigenvalue weighted by Crippen LogP contribution is 2.17. The Morgan fingerprint density at radius 3 is 2.59 bits per heavy atom. The molecular formula is C12H11N3O2. The molecule has 2 heterocycles. The number of ether oxygens (including phenoxy) is 1. The maximum atomic E-state index is 11.7. The predicted octanol–water partition coefficient (Wildman–Crippen LogP) is 1.72. The summed E-state index contributed by atoms with van der Waals surface area (Å²) in [6.45, 7) is 2.08. The lowest BCUT2D eigenvalue weighted by atomic mass is 10.2. The van der Waals surface area contributed by atoms with Crippen molar-refractivity contribution in [1.29, 1.82) is 0 Å². The Morgan fingerprint density at radius 1 is 1.18 bits per heavy atom. The molecule has 0 saturated carbocycles. The first-order chi connectivity index (χ1) is 8.33. The van der Waals surface area contributed by atoms with Crippen molar-refractivity contribution >= 4 is 5.97 Å². The summed E-state index contributed by atoms with van der Waals surface area (Å²) in [6, 6.07) is 5.03. The van der Waals surface area contributed by atoms with Crippen molar-refractivity contribution in [1.82, 2.24) is 15.0 Å². The second-order valence-electron chi connectivity index (χ2n) is 3.19. The van der Waals surface area contributed by atoms with E-state index in [-0.39, 0.29) is 0 Å². The molecule has 0 N–H and O–H groups in total. The molecule has 0 aromatic carbocycles. The number of aromatic nitrogens is 3. The highest BCUT2D eigenvalue weighted by molar-refractivity contribution is 5.95. The number of esters is 1. The van der Waals surface area contributed by atoms with E-state index in [0.29, 0.717) is 23.7 Å². The second-order valence-corrected chi connectivity index (χ2v) is 3.19. The van der Waals surface area contributed by atoms with Crippen LogP contribution in [0.2, 0.25) is 0 Å². The molecule has 2 rings (SSSR count). The number of carbonyl (C=O) groups is 1. The van der Waals surface area contributed by atoms with Gasteiger partial charge in [-0.1, -0.05) is 0 Å². The molecule has 17 heavy (non-hydrogen) atoms. The van der Waals surface area contributed by atoms with Crippen molar-refractivity contribution in [2.75, 3.05) is 6.61 Å². The molecule has 5 heteroatoms. The Bertz CT molecular complexity index is 514. The maximum Gasteiger partial charge on any atom is 0.340 e. The molecule has 0 bridgehead atoms. The van der Waals surface area contributed by atoms with Crippen LogP contribution < -0.4 is 0 Å². The Hall–Kier alpha value is -2.30. The van der Waals surface area contributed by atoms with Gasteiger partial charge in [-0.25, -0.2) is 14.8 Å². The average molecular weight is 229 g/mol. The Balaban J connectivity index is 2.45. The van der Waals surface area contributed by atoms with Crippen LogP contribution in [0.25, 0.3) is 11.5 Å². The van der Waals surface area contributed by atoms with Gasteiger partial charge < -0.3 is 4.74 Å². The minimum Gasteiger partial charge on any atom is -0.462 e. The molecule has 0 amide bonds. The van der Waals surface area contributed by atoms with E-state index in [1.54, 1.807) is 43.7 Å². The van der Waals surface area contributed by atoms with Crippen molar-refractivity contribution in [3.8, 4) is 11.5 Å². The number of nitrogens with zero attached hydrogens (tertiary/aromatic N) is 3. The average Bonchev–Trinajstić information content (AvgIpc) is 2.40. The first kappa shape index (κ1) is 11.2. The Labute approximate surface area is 98.5 Å². The summed E-state index contributed by atoms with van der Waals surface area (Å²) >= 11 is 0. The van der Waals surface area contributed by atoms with Crippen LogP contribution >= 0.6 is 0 Å². The maximum absolute atomic E-state index is 11.7. The van der Waals surface area contributed by atoms with Crippen LogP contribution in [-0.2, 0) is 4.74 Å².